The molecule has 0 atom stereocenters. The van der Waals surface area contributed by atoms with Gasteiger partial charge < -0.3 is 5.32 Å². The van der Waals surface area contributed by atoms with Gasteiger partial charge in [-0.3, -0.25) is 9.79 Å². The summed E-state index contributed by atoms with van der Waals surface area (Å²) < 4.78 is 0. The minimum absolute atomic E-state index is 0.120. The molecule has 0 saturated heterocycles. The predicted molar refractivity (Wildman–Crippen MR) is 145 cm³/mol. The highest BCUT2D eigenvalue weighted by Crippen LogP contribution is 2.37. The molecular weight excluding hydrogens is 436 g/mol. The van der Waals surface area contributed by atoms with Crippen LogP contribution in [-0.4, -0.2) is 12.6 Å². The molecule has 174 valence electrons. The Morgan fingerprint density at radius 3 is 2.56 bits per heavy atom. The summed E-state index contributed by atoms with van der Waals surface area (Å²) in [6, 6.07) is 24.0. The third kappa shape index (κ3) is 7.60. The molecule has 0 fully saturated rings. The molecule has 0 aliphatic heterocycles. The van der Waals surface area contributed by atoms with Crippen molar-refractivity contribution in [2.75, 3.05) is 0 Å². The number of hydrogen-bond acceptors (Lipinski definition) is 3. The van der Waals surface area contributed by atoms with E-state index in [4.69, 9.17) is 0 Å². The van der Waals surface area contributed by atoms with Crippen LogP contribution < -0.4 is 5.32 Å². The molecule has 0 spiro atoms. The van der Waals surface area contributed by atoms with Gasteiger partial charge in [0.2, 0.25) is 0 Å². The highest BCUT2D eigenvalue weighted by atomic mass is 32.2. The lowest BCUT2D eigenvalue weighted by atomic mass is 10.1. The highest BCUT2D eigenvalue weighted by molar-refractivity contribution is 7.99. The van der Waals surface area contributed by atoms with Crippen LogP contribution in [-0.2, 0) is 13.0 Å². The average Bonchev–Trinajstić information content (AvgIpc) is 2.87. The van der Waals surface area contributed by atoms with Crippen molar-refractivity contribution < 1.29 is 4.79 Å². The molecule has 0 aliphatic carbocycles. The fourth-order valence-electron chi connectivity index (χ4n) is 3.46. The van der Waals surface area contributed by atoms with Gasteiger partial charge in [0, 0.05) is 21.9 Å². The van der Waals surface area contributed by atoms with Crippen molar-refractivity contribution in [1.82, 2.24) is 5.32 Å². The fraction of sp³-hybridized carbons (Fsp3) is 0.200. The second-order valence-electron chi connectivity index (χ2n) is 8.07. The van der Waals surface area contributed by atoms with Crippen LogP contribution in [0.4, 0.5) is 5.69 Å². The summed E-state index contributed by atoms with van der Waals surface area (Å²) in [6.45, 7) is 8.54. The van der Waals surface area contributed by atoms with E-state index in [0.29, 0.717) is 17.8 Å². The Balaban J connectivity index is 1.70. The van der Waals surface area contributed by atoms with Crippen LogP contribution in [0.25, 0.3) is 0 Å². The Kier molecular flexibility index (Phi) is 9.93. The molecule has 1 N–H and O–H groups in total. The lowest BCUT2D eigenvalue weighted by Gasteiger charge is -2.12. The smallest absolute Gasteiger partial charge is 0.251 e. The van der Waals surface area contributed by atoms with Gasteiger partial charge in [0.25, 0.3) is 5.91 Å². The molecule has 3 aromatic rings. The van der Waals surface area contributed by atoms with Gasteiger partial charge in [-0.05, 0) is 68.3 Å². The molecule has 0 radical (unpaired) electrons. The number of allylic oxidation sites excluding steroid dienone is 4. The Morgan fingerprint density at radius 1 is 1.03 bits per heavy atom. The number of nitrogens with zero attached hydrogens (tertiary/aromatic N) is 1. The van der Waals surface area contributed by atoms with Gasteiger partial charge in [-0.1, -0.05) is 91.0 Å². The number of aryl methyl sites for hydroxylation is 1. The monoisotopic (exact) mass is 468 g/mol. The second kappa shape index (κ2) is 13.4. The maximum absolute atomic E-state index is 12.7. The summed E-state index contributed by atoms with van der Waals surface area (Å²) in [5.74, 6) is -0.120. The van der Waals surface area contributed by atoms with Crippen molar-refractivity contribution >= 4 is 30.1 Å². The first kappa shape index (κ1) is 25.3. The molecule has 4 heteroatoms. The number of carbonyl (C=O) groups excluding carboxylic acids is 1. The van der Waals surface area contributed by atoms with Crippen molar-refractivity contribution in [2.24, 2.45) is 4.99 Å². The van der Waals surface area contributed by atoms with E-state index >= 15 is 0 Å². The van der Waals surface area contributed by atoms with Crippen LogP contribution in [0.5, 0.6) is 0 Å². The molecule has 3 nitrogen and oxygen atoms in total. The number of nitrogens with one attached hydrogen (secondary N) is 1. The molecule has 0 aromatic heterocycles. The van der Waals surface area contributed by atoms with Crippen molar-refractivity contribution in [2.45, 2.75) is 49.4 Å². The first-order valence-corrected chi connectivity index (χ1v) is 12.4. The van der Waals surface area contributed by atoms with E-state index in [9.17, 15) is 4.79 Å². The number of amides is 1. The number of aliphatic imine (C=N–C) groups is 1. The molecule has 34 heavy (non-hydrogen) atoms. The van der Waals surface area contributed by atoms with Crippen LogP contribution in [0.1, 0.15) is 48.2 Å². The largest absolute Gasteiger partial charge is 0.348 e. The number of carbonyl (C=O) groups is 1. The quantitative estimate of drug-likeness (QED) is 0.229. The minimum atomic E-state index is -0.120. The summed E-state index contributed by atoms with van der Waals surface area (Å²) >= 11 is 1.67. The van der Waals surface area contributed by atoms with Crippen molar-refractivity contribution in [3.8, 4) is 0 Å². The maximum Gasteiger partial charge on any atom is 0.251 e. The SMILES string of the molecule is C=Nc1cc(C(=O)NCc2ccccc2)ccc1Sc1ccccc1CC/C(C)=C/C=C\CC. The van der Waals surface area contributed by atoms with Gasteiger partial charge in [-0.2, -0.15) is 0 Å². The summed E-state index contributed by atoms with van der Waals surface area (Å²) in [6.07, 6.45) is 9.54. The third-order valence-electron chi connectivity index (χ3n) is 5.42. The molecular formula is C30H32N2OS. The Hall–Kier alpha value is -3.37. The average molecular weight is 469 g/mol. The van der Waals surface area contributed by atoms with Gasteiger partial charge in [-0.15, -0.1) is 0 Å². The van der Waals surface area contributed by atoms with Crippen LogP contribution in [0, 0.1) is 0 Å². The first-order valence-electron chi connectivity index (χ1n) is 11.6. The van der Waals surface area contributed by atoms with E-state index in [-0.39, 0.29) is 5.91 Å². The summed E-state index contributed by atoms with van der Waals surface area (Å²) in [5, 5.41) is 2.97. The molecule has 0 heterocycles. The second-order valence-corrected chi connectivity index (χ2v) is 9.15. The molecule has 0 unspecified atom stereocenters. The zero-order chi connectivity index (χ0) is 24.2. The van der Waals surface area contributed by atoms with Gasteiger partial charge in [0.1, 0.15) is 0 Å². The van der Waals surface area contributed by atoms with E-state index in [0.717, 1.165) is 29.7 Å². The first-order chi connectivity index (χ1) is 16.6. The van der Waals surface area contributed by atoms with E-state index in [1.807, 2.05) is 48.5 Å². The van der Waals surface area contributed by atoms with Gasteiger partial charge >= 0.3 is 0 Å². The standard InChI is InChI=1S/C30H32N2OS/c1-4-5-7-12-23(2)17-18-25-15-10-11-16-28(25)34-29-20-19-26(21-27(29)31-3)30(33)32-22-24-13-8-6-9-14-24/h5-16,19-21H,3-4,17-18,22H2,1-2H3,(H,32,33)/b7-5-,23-12+. The zero-order valence-corrected chi connectivity index (χ0v) is 20.8. The summed E-state index contributed by atoms with van der Waals surface area (Å²) in [7, 11) is 0. The maximum atomic E-state index is 12.7. The molecule has 0 saturated carbocycles. The number of hydrogen-bond donors (Lipinski definition) is 1. The molecule has 0 bridgehead atoms. The predicted octanol–water partition coefficient (Wildman–Crippen LogP) is 7.95. The van der Waals surface area contributed by atoms with Crippen LogP contribution >= 0.6 is 11.8 Å². The highest BCUT2D eigenvalue weighted by Gasteiger charge is 2.12. The van der Waals surface area contributed by atoms with Crippen molar-refractivity contribution in [3.05, 3.63) is 113 Å². The zero-order valence-electron chi connectivity index (χ0n) is 20.0. The van der Waals surface area contributed by atoms with E-state index in [1.54, 1.807) is 11.8 Å². The van der Waals surface area contributed by atoms with Gasteiger partial charge in [-0.25, -0.2) is 0 Å². The Bertz CT molecular complexity index is 1170. The summed E-state index contributed by atoms with van der Waals surface area (Å²) in [4.78, 5) is 19.1. The van der Waals surface area contributed by atoms with Gasteiger partial charge in [0.05, 0.1) is 5.69 Å². The van der Waals surface area contributed by atoms with E-state index < -0.39 is 0 Å². The minimum Gasteiger partial charge on any atom is -0.348 e. The lowest BCUT2D eigenvalue weighted by Crippen LogP contribution is -2.22. The Morgan fingerprint density at radius 2 is 1.79 bits per heavy atom. The van der Waals surface area contributed by atoms with Crippen LogP contribution in [0.2, 0.25) is 0 Å². The Labute approximate surface area is 207 Å². The lowest BCUT2D eigenvalue weighted by molar-refractivity contribution is 0.0951. The van der Waals surface area contributed by atoms with Crippen molar-refractivity contribution in [3.63, 3.8) is 0 Å². The number of benzene rings is 3. The van der Waals surface area contributed by atoms with Crippen LogP contribution in [0.15, 0.2) is 111 Å². The summed E-state index contributed by atoms with van der Waals surface area (Å²) in [5.41, 5.74) is 5.03. The van der Waals surface area contributed by atoms with Crippen LogP contribution in [0.3, 0.4) is 0 Å². The van der Waals surface area contributed by atoms with E-state index in [2.05, 4.69) is 73.4 Å². The molecule has 3 aromatic carbocycles. The normalized spacial score (nSPS) is 11.5. The topological polar surface area (TPSA) is 41.5 Å². The molecule has 0 aliphatic rings. The molecule has 3 rings (SSSR count). The van der Waals surface area contributed by atoms with E-state index in [1.165, 1.54) is 16.0 Å². The fourth-order valence-corrected chi connectivity index (χ4v) is 4.51. The van der Waals surface area contributed by atoms with Gasteiger partial charge in [0.15, 0.2) is 0 Å². The molecule has 1 amide bonds. The van der Waals surface area contributed by atoms with Crippen molar-refractivity contribution in [1.29, 1.82) is 0 Å². The number of rotatable bonds is 11. The third-order valence-corrected chi connectivity index (χ3v) is 6.60.